The number of nitrogens with two attached hydrogens (primary N) is 1. The maximum atomic E-state index is 11.8. The lowest BCUT2D eigenvalue weighted by molar-refractivity contribution is -0.137. The third kappa shape index (κ3) is 4.26. The zero-order valence-electron chi connectivity index (χ0n) is 10.4. The van der Waals surface area contributed by atoms with Crippen LogP contribution in [0.25, 0.3) is 0 Å². The van der Waals surface area contributed by atoms with Crippen LogP contribution >= 0.6 is 0 Å². The van der Waals surface area contributed by atoms with Gasteiger partial charge in [-0.2, -0.15) is 0 Å². The maximum Gasteiger partial charge on any atom is 0.248 e. The van der Waals surface area contributed by atoms with Crippen molar-refractivity contribution in [2.75, 3.05) is 52.5 Å². The van der Waals surface area contributed by atoms with Gasteiger partial charge in [0.15, 0.2) is 0 Å². The van der Waals surface area contributed by atoms with Crippen LogP contribution in [-0.4, -0.2) is 68.2 Å². The van der Waals surface area contributed by atoms with Crippen LogP contribution in [-0.2, 0) is 9.53 Å². The Hall–Kier alpha value is -0.650. The van der Waals surface area contributed by atoms with Crippen molar-refractivity contribution in [2.45, 2.75) is 12.8 Å². The molecule has 1 saturated carbocycles. The van der Waals surface area contributed by atoms with E-state index in [-0.39, 0.29) is 12.5 Å². The molecule has 2 rings (SSSR count). The summed E-state index contributed by atoms with van der Waals surface area (Å²) in [5, 5.41) is 0. The number of carbonyl (C=O) groups excluding carboxylic acids is 1. The van der Waals surface area contributed by atoms with Crippen molar-refractivity contribution >= 4 is 5.91 Å². The number of carbonyl (C=O) groups is 1. The molecule has 98 valence electrons. The molecule has 1 aliphatic carbocycles. The Kier molecular flexibility index (Phi) is 4.76. The average molecular weight is 241 g/mol. The van der Waals surface area contributed by atoms with Crippen molar-refractivity contribution in [3.63, 3.8) is 0 Å². The second kappa shape index (κ2) is 6.33. The summed E-state index contributed by atoms with van der Waals surface area (Å²) in [6.07, 6.45) is 2.79. The molecule has 1 saturated heterocycles. The zero-order chi connectivity index (χ0) is 12.1. The molecule has 1 aliphatic heterocycles. The van der Waals surface area contributed by atoms with Gasteiger partial charge in [-0.1, -0.05) is 0 Å². The third-order valence-electron chi connectivity index (χ3n) is 3.43. The summed E-state index contributed by atoms with van der Waals surface area (Å²) in [7, 11) is 0. The molecule has 5 heteroatoms. The van der Waals surface area contributed by atoms with Crippen LogP contribution in [0.5, 0.6) is 0 Å². The van der Waals surface area contributed by atoms with Gasteiger partial charge >= 0.3 is 0 Å². The van der Waals surface area contributed by atoms with E-state index in [0.717, 1.165) is 32.1 Å². The van der Waals surface area contributed by atoms with E-state index < -0.39 is 0 Å². The van der Waals surface area contributed by atoms with E-state index in [1.165, 1.54) is 19.4 Å². The highest BCUT2D eigenvalue weighted by atomic mass is 16.5. The molecule has 0 aromatic rings. The van der Waals surface area contributed by atoms with Crippen LogP contribution in [0.3, 0.4) is 0 Å². The first kappa shape index (κ1) is 12.8. The van der Waals surface area contributed by atoms with E-state index >= 15 is 0 Å². The fourth-order valence-electron chi connectivity index (χ4n) is 2.18. The van der Waals surface area contributed by atoms with Gasteiger partial charge in [0.25, 0.3) is 0 Å². The number of amides is 1. The Balaban J connectivity index is 1.61. The Morgan fingerprint density at radius 2 is 1.94 bits per heavy atom. The molecule has 0 bridgehead atoms. The number of hydrogen-bond acceptors (Lipinski definition) is 4. The maximum absolute atomic E-state index is 11.8. The number of nitrogens with zero attached hydrogens (tertiary/aromatic N) is 2. The molecule has 0 radical (unpaired) electrons. The van der Waals surface area contributed by atoms with E-state index in [0.29, 0.717) is 13.2 Å². The second-order valence-electron chi connectivity index (χ2n) is 4.97. The van der Waals surface area contributed by atoms with E-state index in [2.05, 4.69) is 4.90 Å². The first-order valence-corrected chi connectivity index (χ1v) is 6.57. The van der Waals surface area contributed by atoms with Crippen molar-refractivity contribution in [3.05, 3.63) is 0 Å². The lowest BCUT2D eigenvalue weighted by atomic mass is 10.3. The van der Waals surface area contributed by atoms with Crippen molar-refractivity contribution in [3.8, 4) is 0 Å². The molecule has 0 atom stereocenters. The van der Waals surface area contributed by atoms with E-state index in [4.69, 9.17) is 10.5 Å². The fraction of sp³-hybridized carbons (Fsp3) is 0.917. The summed E-state index contributed by atoms with van der Waals surface area (Å²) in [5.41, 5.74) is 5.31. The molecular weight excluding hydrogens is 218 g/mol. The minimum atomic E-state index is 0.101. The standard InChI is InChI=1S/C12H23N3O2/c13-3-8-17-10-12(16)15-6-4-14(5-7-15)9-11-1-2-11/h11H,1-10,13H2. The summed E-state index contributed by atoms with van der Waals surface area (Å²) in [4.78, 5) is 16.1. The minimum absolute atomic E-state index is 0.101. The van der Waals surface area contributed by atoms with Gasteiger partial charge in [-0.25, -0.2) is 0 Å². The predicted octanol–water partition coefficient (Wildman–Crippen LogP) is -0.484. The molecule has 17 heavy (non-hydrogen) atoms. The Morgan fingerprint density at radius 1 is 1.24 bits per heavy atom. The lowest BCUT2D eigenvalue weighted by Gasteiger charge is -2.34. The van der Waals surface area contributed by atoms with Crippen molar-refractivity contribution < 1.29 is 9.53 Å². The van der Waals surface area contributed by atoms with Crippen LogP contribution in [0, 0.1) is 5.92 Å². The SMILES string of the molecule is NCCOCC(=O)N1CCN(CC2CC2)CC1. The van der Waals surface area contributed by atoms with Crippen LogP contribution in [0.2, 0.25) is 0 Å². The number of hydrogen-bond donors (Lipinski definition) is 1. The molecule has 0 spiro atoms. The van der Waals surface area contributed by atoms with Gasteiger partial charge in [0.2, 0.25) is 5.91 Å². The quantitative estimate of drug-likeness (QED) is 0.638. The summed E-state index contributed by atoms with van der Waals surface area (Å²) in [6, 6.07) is 0. The van der Waals surface area contributed by atoms with Crippen molar-refractivity contribution in [1.82, 2.24) is 9.80 Å². The Labute approximate surface area is 103 Å². The van der Waals surface area contributed by atoms with Gasteiger partial charge in [-0.05, 0) is 18.8 Å². The molecule has 2 fully saturated rings. The molecule has 2 aliphatic rings. The molecule has 0 aromatic carbocycles. The van der Waals surface area contributed by atoms with Crippen molar-refractivity contribution in [2.24, 2.45) is 11.7 Å². The van der Waals surface area contributed by atoms with Crippen LogP contribution in [0.4, 0.5) is 0 Å². The van der Waals surface area contributed by atoms with Gasteiger partial charge in [0.1, 0.15) is 6.61 Å². The highest BCUT2D eigenvalue weighted by molar-refractivity contribution is 5.77. The van der Waals surface area contributed by atoms with Crippen molar-refractivity contribution in [1.29, 1.82) is 0 Å². The first-order chi connectivity index (χ1) is 8.29. The topological polar surface area (TPSA) is 58.8 Å². The van der Waals surface area contributed by atoms with Gasteiger partial charge in [0, 0.05) is 39.3 Å². The number of piperazine rings is 1. The smallest absolute Gasteiger partial charge is 0.248 e. The summed E-state index contributed by atoms with van der Waals surface area (Å²) >= 11 is 0. The van der Waals surface area contributed by atoms with Crippen LogP contribution in [0.15, 0.2) is 0 Å². The minimum Gasteiger partial charge on any atom is -0.370 e. The zero-order valence-corrected chi connectivity index (χ0v) is 10.4. The monoisotopic (exact) mass is 241 g/mol. The largest absolute Gasteiger partial charge is 0.370 e. The summed E-state index contributed by atoms with van der Waals surface area (Å²) < 4.78 is 5.17. The fourth-order valence-corrected chi connectivity index (χ4v) is 2.18. The average Bonchev–Trinajstić information content (AvgIpc) is 3.14. The Bertz CT molecular complexity index is 248. The highest BCUT2D eigenvalue weighted by Gasteiger charge is 2.27. The lowest BCUT2D eigenvalue weighted by Crippen LogP contribution is -2.50. The highest BCUT2D eigenvalue weighted by Crippen LogP contribution is 2.29. The van der Waals surface area contributed by atoms with E-state index in [9.17, 15) is 4.79 Å². The van der Waals surface area contributed by atoms with Gasteiger partial charge in [-0.15, -0.1) is 0 Å². The summed E-state index contributed by atoms with van der Waals surface area (Å²) in [6.45, 7) is 6.06. The van der Waals surface area contributed by atoms with Gasteiger partial charge < -0.3 is 15.4 Å². The second-order valence-corrected chi connectivity index (χ2v) is 4.97. The van der Waals surface area contributed by atoms with E-state index in [1.807, 2.05) is 4.90 Å². The number of rotatable bonds is 6. The van der Waals surface area contributed by atoms with Gasteiger partial charge in [0.05, 0.1) is 6.61 Å². The number of ether oxygens (including phenoxy) is 1. The molecule has 0 unspecified atom stereocenters. The first-order valence-electron chi connectivity index (χ1n) is 6.57. The third-order valence-corrected chi connectivity index (χ3v) is 3.43. The van der Waals surface area contributed by atoms with Crippen LogP contribution in [0.1, 0.15) is 12.8 Å². The Morgan fingerprint density at radius 3 is 2.53 bits per heavy atom. The normalized spacial score (nSPS) is 21.8. The molecule has 0 aromatic heterocycles. The van der Waals surface area contributed by atoms with Gasteiger partial charge in [-0.3, -0.25) is 9.69 Å². The van der Waals surface area contributed by atoms with Crippen LogP contribution < -0.4 is 5.73 Å². The molecule has 2 N–H and O–H groups in total. The van der Waals surface area contributed by atoms with E-state index in [1.54, 1.807) is 0 Å². The molecular formula is C12H23N3O2. The molecule has 1 heterocycles. The molecule has 1 amide bonds. The predicted molar refractivity (Wildman–Crippen MR) is 65.6 cm³/mol. The molecule has 5 nitrogen and oxygen atoms in total. The summed E-state index contributed by atoms with van der Waals surface area (Å²) in [5.74, 6) is 1.04.